The number of nitrogens with one attached hydrogen (secondary N) is 2. The second-order valence-electron chi connectivity index (χ2n) is 5.91. The number of amides is 2. The second-order valence-corrected chi connectivity index (χ2v) is 6.34. The van der Waals surface area contributed by atoms with Gasteiger partial charge in [-0.1, -0.05) is 30.2 Å². The zero-order valence-corrected chi connectivity index (χ0v) is 12.6. The molecule has 1 aromatic carbocycles. The third-order valence-electron chi connectivity index (χ3n) is 4.61. The molecule has 0 aromatic heterocycles. The van der Waals surface area contributed by atoms with Crippen molar-refractivity contribution in [3.8, 4) is 0 Å². The molecule has 2 aliphatic rings. The summed E-state index contributed by atoms with van der Waals surface area (Å²) >= 11 is 6.06. The number of carbonyl (C=O) groups excluding carboxylic acids is 2. The van der Waals surface area contributed by atoms with Gasteiger partial charge < -0.3 is 10.6 Å². The first-order chi connectivity index (χ1) is 10.1. The summed E-state index contributed by atoms with van der Waals surface area (Å²) in [4.78, 5) is 24.5. The lowest BCUT2D eigenvalue weighted by molar-refractivity contribution is -0.135. The van der Waals surface area contributed by atoms with E-state index in [1.54, 1.807) is 0 Å². The zero-order valence-electron chi connectivity index (χ0n) is 11.8. The van der Waals surface area contributed by atoms with E-state index in [1.165, 1.54) is 0 Å². The Hall–Kier alpha value is -1.55. The Morgan fingerprint density at radius 3 is 2.76 bits per heavy atom. The molecule has 1 heterocycles. The minimum absolute atomic E-state index is 0.0435. The monoisotopic (exact) mass is 306 g/mol. The fraction of sp³-hybridized carbons (Fsp3) is 0.500. The highest BCUT2D eigenvalue weighted by molar-refractivity contribution is 6.30. The first kappa shape index (κ1) is 14.4. The van der Waals surface area contributed by atoms with Crippen LogP contribution >= 0.6 is 11.6 Å². The van der Waals surface area contributed by atoms with Gasteiger partial charge in [0.2, 0.25) is 11.8 Å². The van der Waals surface area contributed by atoms with Gasteiger partial charge in [0.1, 0.15) is 6.04 Å². The van der Waals surface area contributed by atoms with Crippen molar-refractivity contribution in [2.45, 2.75) is 43.6 Å². The van der Waals surface area contributed by atoms with Gasteiger partial charge in [-0.15, -0.1) is 0 Å². The average molecular weight is 307 g/mol. The molecule has 0 spiro atoms. The number of hydrogen-bond acceptors (Lipinski definition) is 2. The summed E-state index contributed by atoms with van der Waals surface area (Å²) in [6, 6.07) is 7.09. The Morgan fingerprint density at radius 1 is 1.33 bits per heavy atom. The molecule has 21 heavy (non-hydrogen) atoms. The molecule has 3 rings (SSSR count). The summed E-state index contributed by atoms with van der Waals surface area (Å²) in [6.45, 7) is 0.699. The van der Waals surface area contributed by atoms with Crippen molar-refractivity contribution in [3.63, 3.8) is 0 Å². The van der Waals surface area contributed by atoms with Crippen LogP contribution in [0.4, 0.5) is 0 Å². The molecular formula is C16H19ClN2O2. The fourth-order valence-corrected chi connectivity index (χ4v) is 3.36. The molecule has 1 atom stereocenters. The van der Waals surface area contributed by atoms with Gasteiger partial charge in [0.05, 0.1) is 5.41 Å². The lowest BCUT2D eigenvalue weighted by Gasteiger charge is -2.42. The summed E-state index contributed by atoms with van der Waals surface area (Å²) in [5.41, 5.74) is 0.442. The summed E-state index contributed by atoms with van der Waals surface area (Å²) in [6.07, 6.45) is 4.27. The molecule has 4 nitrogen and oxygen atoms in total. The van der Waals surface area contributed by atoms with Crippen molar-refractivity contribution in [2.75, 3.05) is 6.54 Å². The molecule has 1 aromatic rings. The molecular weight excluding hydrogens is 288 g/mol. The van der Waals surface area contributed by atoms with E-state index in [4.69, 9.17) is 11.6 Å². The molecule has 1 saturated heterocycles. The predicted octanol–water partition coefficient (Wildman–Crippen LogP) is 2.16. The van der Waals surface area contributed by atoms with Gasteiger partial charge in [0.15, 0.2) is 0 Å². The summed E-state index contributed by atoms with van der Waals surface area (Å²) in [5.74, 6) is -0.117. The molecule has 1 saturated carbocycles. The molecule has 2 N–H and O–H groups in total. The molecule has 1 aliphatic carbocycles. The first-order valence-corrected chi connectivity index (χ1v) is 7.84. The van der Waals surface area contributed by atoms with Gasteiger partial charge in [-0.2, -0.15) is 0 Å². The smallest absolute Gasteiger partial charge is 0.242 e. The van der Waals surface area contributed by atoms with Crippen LogP contribution in [0.5, 0.6) is 0 Å². The topological polar surface area (TPSA) is 58.2 Å². The number of benzene rings is 1. The van der Waals surface area contributed by atoms with Gasteiger partial charge in [-0.05, 0) is 43.4 Å². The van der Waals surface area contributed by atoms with E-state index in [1.807, 2.05) is 24.3 Å². The van der Waals surface area contributed by atoms with Crippen LogP contribution in [0.2, 0.25) is 5.02 Å². The van der Waals surface area contributed by atoms with Crippen molar-refractivity contribution in [2.24, 2.45) is 0 Å². The second kappa shape index (κ2) is 5.68. The van der Waals surface area contributed by atoms with Crippen molar-refractivity contribution in [3.05, 3.63) is 34.9 Å². The summed E-state index contributed by atoms with van der Waals surface area (Å²) in [7, 11) is 0. The van der Waals surface area contributed by atoms with Crippen LogP contribution in [0, 0.1) is 0 Å². The third kappa shape index (κ3) is 2.64. The average Bonchev–Trinajstić information content (AvgIpc) is 2.40. The van der Waals surface area contributed by atoms with E-state index in [0.29, 0.717) is 18.0 Å². The molecule has 112 valence electrons. The number of piperidine rings is 1. The highest BCUT2D eigenvalue weighted by Gasteiger charge is 2.46. The van der Waals surface area contributed by atoms with Crippen LogP contribution in [-0.4, -0.2) is 24.4 Å². The van der Waals surface area contributed by atoms with Gasteiger partial charge >= 0.3 is 0 Å². The van der Waals surface area contributed by atoms with E-state index >= 15 is 0 Å². The van der Waals surface area contributed by atoms with E-state index < -0.39 is 11.5 Å². The maximum atomic E-state index is 12.7. The molecule has 1 aliphatic heterocycles. The lowest BCUT2D eigenvalue weighted by atomic mass is 9.63. The third-order valence-corrected chi connectivity index (χ3v) is 4.84. The number of hydrogen-bond donors (Lipinski definition) is 2. The molecule has 0 radical (unpaired) electrons. The summed E-state index contributed by atoms with van der Waals surface area (Å²) in [5, 5.41) is 6.38. The van der Waals surface area contributed by atoms with Crippen molar-refractivity contribution >= 4 is 23.4 Å². The normalized spacial score (nSPS) is 23.9. The Kier molecular flexibility index (Phi) is 3.89. The maximum absolute atomic E-state index is 12.7. The Labute approximate surface area is 129 Å². The van der Waals surface area contributed by atoms with Crippen molar-refractivity contribution in [1.82, 2.24) is 10.6 Å². The van der Waals surface area contributed by atoms with Gasteiger partial charge in [-0.25, -0.2) is 0 Å². The predicted molar refractivity (Wildman–Crippen MR) is 81.2 cm³/mol. The van der Waals surface area contributed by atoms with Crippen LogP contribution in [0.1, 0.15) is 37.7 Å². The van der Waals surface area contributed by atoms with Gasteiger partial charge in [0, 0.05) is 11.6 Å². The van der Waals surface area contributed by atoms with Crippen molar-refractivity contribution in [1.29, 1.82) is 0 Å². The minimum Gasteiger partial charge on any atom is -0.354 e. The SMILES string of the molecule is O=C1NCCC[C@H]1NC(=O)C1(c2cccc(Cl)c2)CCC1. The first-order valence-electron chi connectivity index (χ1n) is 7.46. The highest BCUT2D eigenvalue weighted by Crippen LogP contribution is 2.44. The van der Waals surface area contributed by atoms with Crippen LogP contribution in [0.15, 0.2) is 24.3 Å². The largest absolute Gasteiger partial charge is 0.354 e. The van der Waals surface area contributed by atoms with Crippen LogP contribution in [-0.2, 0) is 15.0 Å². The number of carbonyl (C=O) groups is 2. The quantitative estimate of drug-likeness (QED) is 0.899. The van der Waals surface area contributed by atoms with Crippen LogP contribution < -0.4 is 10.6 Å². The fourth-order valence-electron chi connectivity index (χ4n) is 3.17. The van der Waals surface area contributed by atoms with Crippen LogP contribution in [0.25, 0.3) is 0 Å². The lowest BCUT2D eigenvalue weighted by Crippen LogP contribution is -2.57. The number of halogens is 1. The molecule has 2 amide bonds. The van der Waals surface area contributed by atoms with Crippen LogP contribution in [0.3, 0.4) is 0 Å². The van der Waals surface area contributed by atoms with Gasteiger partial charge in [-0.3, -0.25) is 9.59 Å². The maximum Gasteiger partial charge on any atom is 0.242 e. The molecule has 5 heteroatoms. The Morgan fingerprint density at radius 2 is 2.14 bits per heavy atom. The molecule has 2 fully saturated rings. The molecule has 0 unspecified atom stereocenters. The van der Waals surface area contributed by atoms with Gasteiger partial charge in [0.25, 0.3) is 0 Å². The Balaban J connectivity index is 1.79. The highest BCUT2D eigenvalue weighted by atomic mass is 35.5. The minimum atomic E-state index is -0.511. The zero-order chi connectivity index (χ0) is 14.9. The van der Waals surface area contributed by atoms with Crippen molar-refractivity contribution < 1.29 is 9.59 Å². The standard InChI is InChI=1S/C16H19ClN2O2/c17-12-5-1-4-11(10-12)16(7-3-8-16)15(21)19-13-6-2-9-18-14(13)20/h1,4-5,10,13H,2-3,6-9H2,(H,18,20)(H,19,21)/t13-/m1/s1. The number of rotatable bonds is 3. The summed E-state index contributed by atoms with van der Waals surface area (Å²) < 4.78 is 0. The Bertz CT molecular complexity index is 569. The molecule has 0 bridgehead atoms. The van der Waals surface area contributed by atoms with E-state index in [2.05, 4.69) is 10.6 Å². The van der Waals surface area contributed by atoms with E-state index in [-0.39, 0.29) is 11.8 Å². The van der Waals surface area contributed by atoms with E-state index in [0.717, 1.165) is 31.2 Å². The van der Waals surface area contributed by atoms with E-state index in [9.17, 15) is 9.59 Å².